The molecule has 0 spiro atoms. The number of halogens is 3. The second-order valence-electron chi connectivity index (χ2n) is 7.22. The summed E-state index contributed by atoms with van der Waals surface area (Å²) < 4.78 is -1.94. The fourth-order valence-corrected chi connectivity index (χ4v) is 3.77. The van der Waals surface area contributed by atoms with Crippen LogP contribution in [0.3, 0.4) is 0 Å². The molecule has 0 fully saturated rings. The zero-order valence-electron chi connectivity index (χ0n) is 17.5. The van der Waals surface area contributed by atoms with E-state index in [-0.39, 0.29) is 10.7 Å². The maximum absolute atomic E-state index is 13.4. The Hall–Kier alpha value is -2.84. The second-order valence-corrected chi connectivity index (χ2v) is 10.00. The topological polar surface area (TPSA) is 90.5 Å². The Labute approximate surface area is 217 Å². The van der Waals surface area contributed by atoms with Crippen molar-refractivity contribution >= 4 is 69.7 Å². The maximum Gasteiger partial charge on any atom is 0.335 e. The molecule has 0 bridgehead atoms. The molecular weight excluding hydrogens is 517 g/mol. The maximum atomic E-state index is 13.4. The van der Waals surface area contributed by atoms with Gasteiger partial charge in [0, 0.05) is 5.69 Å². The number of alkyl halides is 3. The van der Waals surface area contributed by atoms with E-state index < -0.39 is 27.8 Å². The van der Waals surface area contributed by atoms with Gasteiger partial charge in [0.1, 0.15) is 6.17 Å². The van der Waals surface area contributed by atoms with E-state index in [1.54, 1.807) is 12.1 Å². The van der Waals surface area contributed by atoms with E-state index in [1.165, 1.54) is 12.1 Å². The van der Waals surface area contributed by atoms with Gasteiger partial charge in [0.25, 0.3) is 0 Å². The molecule has 1 amide bonds. The van der Waals surface area contributed by atoms with E-state index in [0.29, 0.717) is 5.69 Å². The predicted octanol–water partition coefficient (Wildman–Crippen LogP) is 5.32. The molecule has 0 saturated heterocycles. The van der Waals surface area contributed by atoms with Crippen LogP contribution in [-0.2, 0) is 4.79 Å². The largest absolute Gasteiger partial charge is 0.478 e. The molecule has 1 atom stereocenters. The summed E-state index contributed by atoms with van der Waals surface area (Å²) in [5.41, 5.74) is 2.19. The van der Waals surface area contributed by atoms with Crippen LogP contribution >= 0.6 is 47.0 Å². The first-order chi connectivity index (χ1) is 16.1. The molecule has 10 heteroatoms. The Morgan fingerprint density at radius 3 is 1.74 bits per heavy atom. The minimum absolute atomic E-state index is 0.0654. The third-order valence-corrected chi connectivity index (χ3v) is 5.68. The van der Waals surface area contributed by atoms with Crippen LogP contribution in [-0.4, -0.2) is 32.1 Å². The number of aromatic carboxylic acids is 1. The zero-order chi connectivity index (χ0) is 24.7. The normalized spacial score (nSPS) is 12.0. The first-order valence-corrected chi connectivity index (χ1v) is 11.6. The summed E-state index contributed by atoms with van der Waals surface area (Å²) in [4.78, 5) is 24.4. The van der Waals surface area contributed by atoms with Gasteiger partial charge in [0.05, 0.1) is 11.5 Å². The highest BCUT2D eigenvalue weighted by molar-refractivity contribution is 7.80. The Morgan fingerprint density at radius 2 is 1.29 bits per heavy atom. The van der Waals surface area contributed by atoms with Gasteiger partial charge in [0.2, 0.25) is 9.70 Å². The van der Waals surface area contributed by atoms with Crippen LogP contribution in [0.25, 0.3) is 0 Å². The smallest absolute Gasteiger partial charge is 0.335 e. The van der Waals surface area contributed by atoms with E-state index >= 15 is 0 Å². The fraction of sp³-hybridized carbons (Fsp3) is 0.125. The molecule has 4 N–H and O–H groups in total. The van der Waals surface area contributed by atoms with Crippen LogP contribution in [0, 0.1) is 0 Å². The molecule has 0 aliphatic heterocycles. The van der Waals surface area contributed by atoms with Gasteiger partial charge >= 0.3 is 5.97 Å². The molecule has 6 nitrogen and oxygen atoms in total. The fourth-order valence-electron chi connectivity index (χ4n) is 3.21. The molecule has 3 rings (SSSR count). The van der Waals surface area contributed by atoms with Crippen molar-refractivity contribution in [3.63, 3.8) is 0 Å². The quantitative estimate of drug-likeness (QED) is 0.186. The number of carboxylic acids is 1. The third kappa shape index (κ3) is 7.08. The zero-order valence-corrected chi connectivity index (χ0v) is 20.6. The van der Waals surface area contributed by atoms with Gasteiger partial charge in [-0.25, -0.2) is 4.79 Å². The van der Waals surface area contributed by atoms with E-state index in [2.05, 4.69) is 16.0 Å². The van der Waals surface area contributed by atoms with Gasteiger partial charge < -0.3 is 21.1 Å². The highest BCUT2D eigenvalue weighted by atomic mass is 35.6. The van der Waals surface area contributed by atoms with Crippen molar-refractivity contribution in [2.24, 2.45) is 0 Å². The monoisotopic (exact) mass is 535 g/mol. The molecule has 0 aliphatic rings. The molecule has 0 heterocycles. The lowest BCUT2D eigenvalue weighted by atomic mass is 9.90. The Morgan fingerprint density at radius 1 is 0.794 bits per heavy atom. The van der Waals surface area contributed by atoms with Gasteiger partial charge in [0.15, 0.2) is 5.11 Å². The number of thiocarbonyl (C=S) groups is 1. The van der Waals surface area contributed by atoms with Crippen LogP contribution in [0.15, 0.2) is 84.9 Å². The lowest BCUT2D eigenvalue weighted by Gasteiger charge is -2.29. The van der Waals surface area contributed by atoms with Crippen LogP contribution in [0.1, 0.15) is 27.4 Å². The van der Waals surface area contributed by atoms with Crippen molar-refractivity contribution in [2.75, 3.05) is 5.32 Å². The Balaban J connectivity index is 1.77. The van der Waals surface area contributed by atoms with E-state index in [1.807, 2.05) is 60.7 Å². The van der Waals surface area contributed by atoms with Gasteiger partial charge in [-0.3, -0.25) is 4.79 Å². The number of rotatable bonds is 7. The SMILES string of the molecule is O=C(O)c1ccc(NC(=S)NC(NC(=O)C(c2ccccc2)c2ccccc2)C(Cl)(Cl)Cl)cc1. The number of carbonyl (C=O) groups excluding carboxylic acids is 1. The van der Waals surface area contributed by atoms with Crippen molar-refractivity contribution in [2.45, 2.75) is 15.9 Å². The van der Waals surface area contributed by atoms with Crippen molar-refractivity contribution in [3.05, 3.63) is 102 Å². The van der Waals surface area contributed by atoms with Crippen LogP contribution in [0.4, 0.5) is 5.69 Å². The van der Waals surface area contributed by atoms with Crippen LogP contribution in [0.2, 0.25) is 0 Å². The lowest BCUT2D eigenvalue weighted by Crippen LogP contribution is -2.57. The van der Waals surface area contributed by atoms with E-state index in [0.717, 1.165) is 11.1 Å². The van der Waals surface area contributed by atoms with Crippen molar-refractivity contribution in [1.29, 1.82) is 0 Å². The van der Waals surface area contributed by atoms with Gasteiger partial charge in [-0.1, -0.05) is 95.5 Å². The van der Waals surface area contributed by atoms with Crippen LogP contribution in [0.5, 0.6) is 0 Å². The van der Waals surface area contributed by atoms with Gasteiger partial charge in [-0.05, 0) is 47.6 Å². The molecule has 3 aromatic carbocycles. The minimum atomic E-state index is -1.94. The minimum Gasteiger partial charge on any atom is -0.478 e. The molecular formula is C24H20Cl3N3O3S. The lowest BCUT2D eigenvalue weighted by molar-refractivity contribution is -0.122. The number of anilines is 1. The number of hydrogen-bond acceptors (Lipinski definition) is 3. The summed E-state index contributed by atoms with van der Waals surface area (Å²) >= 11 is 23.7. The van der Waals surface area contributed by atoms with Crippen LogP contribution < -0.4 is 16.0 Å². The Bertz CT molecular complexity index is 1100. The number of carbonyl (C=O) groups is 2. The summed E-state index contributed by atoms with van der Waals surface area (Å²) in [5, 5.41) is 17.5. The molecule has 3 aromatic rings. The summed E-state index contributed by atoms with van der Waals surface area (Å²) in [6, 6.07) is 24.4. The van der Waals surface area contributed by atoms with Crippen molar-refractivity contribution < 1.29 is 14.7 Å². The summed E-state index contributed by atoms with van der Waals surface area (Å²) in [5.74, 6) is -2.09. The number of carboxylic acid groups (broad SMARTS) is 1. The third-order valence-electron chi connectivity index (χ3n) is 4.81. The standard InChI is InChI=1S/C24H20Cl3N3O3S/c25-24(26,27)22(30-23(34)28-18-13-11-17(12-14-18)21(32)33)29-20(31)19(15-7-3-1-4-8-15)16-9-5-2-6-10-16/h1-14,19,22H,(H,29,31)(H,32,33)(H2,28,30,34). The highest BCUT2D eigenvalue weighted by Crippen LogP contribution is 2.31. The van der Waals surface area contributed by atoms with Crippen molar-refractivity contribution in [3.8, 4) is 0 Å². The number of amides is 1. The molecule has 34 heavy (non-hydrogen) atoms. The average molecular weight is 537 g/mol. The van der Waals surface area contributed by atoms with E-state index in [4.69, 9.17) is 52.1 Å². The molecule has 0 radical (unpaired) electrons. The molecule has 0 aromatic heterocycles. The average Bonchev–Trinajstić information content (AvgIpc) is 2.80. The molecule has 0 saturated carbocycles. The summed E-state index contributed by atoms with van der Waals surface area (Å²) in [6.45, 7) is 0. The second kappa shape index (κ2) is 11.5. The number of benzene rings is 3. The van der Waals surface area contributed by atoms with Gasteiger partial charge in [-0.2, -0.15) is 0 Å². The number of hydrogen-bond donors (Lipinski definition) is 4. The Kier molecular flexibility index (Phi) is 8.74. The highest BCUT2D eigenvalue weighted by Gasteiger charge is 2.36. The van der Waals surface area contributed by atoms with E-state index in [9.17, 15) is 9.59 Å². The predicted molar refractivity (Wildman–Crippen MR) is 140 cm³/mol. The molecule has 0 aliphatic carbocycles. The summed E-state index contributed by atoms with van der Waals surface area (Å²) in [7, 11) is 0. The number of nitrogens with one attached hydrogen (secondary N) is 3. The molecule has 176 valence electrons. The van der Waals surface area contributed by atoms with Gasteiger partial charge in [-0.15, -0.1) is 0 Å². The first kappa shape index (κ1) is 25.8. The van der Waals surface area contributed by atoms with Crippen molar-refractivity contribution in [1.82, 2.24) is 10.6 Å². The summed E-state index contributed by atoms with van der Waals surface area (Å²) in [6.07, 6.45) is -1.17. The first-order valence-electron chi connectivity index (χ1n) is 10.0. The molecule has 1 unspecified atom stereocenters.